The van der Waals surface area contributed by atoms with Crippen LogP contribution in [0.25, 0.3) is 0 Å². The molecule has 1 aromatic carbocycles. The topological polar surface area (TPSA) is 42.3 Å². The van der Waals surface area contributed by atoms with Gasteiger partial charge in [0, 0.05) is 38.8 Å². The van der Waals surface area contributed by atoms with Gasteiger partial charge in [0.1, 0.15) is 17.4 Å². The lowest BCUT2D eigenvalue weighted by atomic mass is 10.1. The normalized spacial score (nSPS) is 18.2. The Balaban J connectivity index is 1.84. The van der Waals surface area contributed by atoms with Crippen molar-refractivity contribution in [3.8, 4) is 6.07 Å². The van der Waals surface area contributed by atoms with Crippen molar-refractivity contribution >= 4 is 5.69 Å². The molecule has 1 aliphatic heterocycles. The molecule has 0 bridgehead atoms. The summed E-state index contributed by atoms with van der Waals surface area (Å²) >= 11 is 0. The molecule has 114 valence electrons. The van der Waals surface area contributed by atoms with Crippen LogP contribution in [0.3, 0.4) is 0 Å². The van der Waals surface area contributed by atoms with E-state index in [4.69, 9.17) is 5.26 Å². The fourth-order valence-corrected chi connectivity index (χ4v) is 2.54. The lowest BCUT2D eigenvalue weighted by molar-refractivity contribution is 0.151. The predicted molar refractivity (Wildman–Crippen MR) is 82.8 cm³/mol. The van der Waals surface area contributed by atoms with Crippen LogP contribution >= 0.6 is 0 Å². The van der Waals surface area contributed by atoms with Crippen LogP contribution in [-0.2, 0) is 0 Å². The smallest absolute Gasteiger partial charge is 0.143 e. The fraction of sp³-hybridized carbons (Fsp3) is 0.562. The van der Waals surface area contributed by atoms with E-state index in [1.165, 1.54) is 6.07 Å². The number of nitrogens with zero attached hydrogens (tertiary/aromatic N) is 3. The van der Waals surface area contributed by atoms with E-state index in [0.29, 0.717) is 5.69 Å². The van der Waals surface area contributed by atoms with Gasteiger partial charge in [-0.3, -0.25) is 0 Å². The quantitative estimate of drug-likeness (QED) is 0.902. The molecule has 1 saturated heterocycles. The molecule has 4 nitrogen and oxygen atoms in total. The molecule has 0 radical (unpaired) electrons. The van der Waals surface area contributed by atoms with E-state index < -0.39 is 5.82 Å². The molecule has 0 aliphatic carbocycles. The van der Waals surface area contributed by atoms with Gasteiger partial charge in [0.2, 0.25) is 0 Å². The molecular weight excluding hydrogens is 267 g/mol. The van der Waals surface area contributed by atoms with Crippen molar-refractivity contribution < 1.29 is 4.39 Å². The largest absolute Gasteiger partial charge is 0.381 e. The second kappa shape index (κ2) is 7.39. The van der Waals surface area contributed by atoms with E-state index >= 15 is 0 Å². The Kier molecular flexibility index (Phi) is 5.54. The van der Waals surface area contributed by atoms with Crippen LogP contribution in [-0.4, -0.2) is 55.6 Å². The minimum Gasteiger partial charge on any atom is -0.381 e. The van der Waals surface area contributed by atoms with Crippen molar-refractivity contribution in [3.05, 3.63) is 29.6 Å². The standard InChI is InChI=1S/C16H23FN4/c1-13(6-7-21-10-8-20(2)9-11-21)19-16-5-3-4-15(17)14(16)12-18/h3-5,13,19H,6-11H2,1-2H3/t13-/m1/s1. The molecule has 1 fully saturated rings. The van der Waals surface area contributed by atoms with Crippen molar-refractivity contribution in [2.24, 2.45) is 0 Å². The zero-order valence-corrected chi connectivity index (χ0v) is 12.8. The number of piperazine rings is 1. The zero-order valence-electron chi connectivity index (χ0n) is 12.8. The van der Waals surface area contributed by atoms with E-state index in [0.717, 1.165) is 39.1 Å². The molecule has 2 rings (SSSR count). The molecule has 0 spiro atoms. The molecule has 1 aromatic rings. The molecular formula is C16H23FN4. The van der Waals surface area contributed by atoms with Crippen LogP contribution in [0, 0.1) is 17.1 Å². The van der Waals surface area contributed by atoms with Gasteiger partial charge in [-0.1, -0.05) is 6.07 Å². The molecule has 21 heavy (non-hydrogen) atoms. The summed E-state index contributed by atoms with van der Waals surface area (Å²) in [6.45, 7) is 7.54. The molecule has 1 aliphatic rings. The van der Waals surface area contributed by atoms with Gasteiger partial charge >= 0.3 is 0 Å². The van der Waals surface area contributed by atoms with E-state index in [9.17, 15) is 4.39 Å². The highest BCUT2D eigenvalue weighted by molar-refractivity contribution is 5.58. The molecule has 0 aromatic heterocycles. The highest BCUT2D eigenvalue weighted by Crippen LogP contribution is 2.19. The Morgan fingerprint density at radius 3 is 2.71 bits per heavy atom. The third-order valence-electron chi connectivity index (χ3n) is 4.00. The highest BCUT2D eigenvalue weighted by Gasteiger charge is 2.15. The van der Waals surface area contributed by atoms with Crippen molar-refractivity contribution in [1.29, 1.82) is 5.26 Å². The first-order valence-electron chi connectivity index (χ1n) is 7.46. The Bertz CT molecular complexity index is 503. The van der Waals surface area contributed by atoms with Gasteiger partial charge in [0.15, 0.2) is 0 Å². The SMILES string of the molecule is C[C@H](CCN1CCN(C)CC1)Nc1cccc(F)c1C#N. The summed E-state index contributed by atoms with van der Waals surface area (Å²) in [4.78, 5) is 4.79. The van der Waals surface area contributed by atoms with Gasteiger partial charge in [0.05, 0.1) is 5.69 Å². The molecule has 0 unspecified atom stereocenters. The summed E-state index contributed by atoms with van der Waals surface area (Å²) in [6.07, 6.45) is 0.977. The number of anilines is 1. The van der Waals surface area contributed by atoms with Crippen LogP contribution in [0.2, 0.25) is 0 Å². The molecule has 1 heterocycles. The number of halogens is 1. The van der Waals surface area contributed by atoms with Crippen LogP contribution in [0.4, 0.5) is 10.1 Å². The molecule has 1 N–H and O–H groups in total. The summed E-state index contributed by atoms with van der Waals surface area (Å²) in [6, 6.07) is 6.84. The minimum absolute atomic E-state index is 0.101. The van der Waals surface area contributed by atoms with Crippen molar-refractivity contribution in [1.82, 2.24) is 9.80 Å². The van der Waals surface area contributed by atoms with Crippen molar-refractivity contribution in [2.75, 3.05) is 45.1 Å². The third-order valence-corrected chi connectivity index (χ3v) is 4.00. The van der Waals surface area contributed by atoms with E-state index in [1.807, 2.05) is 6.07 Å². The van der Waals surface area contributed by atoms with Crippen LogP contribution < -0.4 is 5.32 Å². The molecule has 5 heteroatoms. The molecule has 0 saturated carbocycles. The maximum atomic E-state index is 13.5. The minimum atomic E-state index is -0.464. The fourth-order valence-electron chi connectivity index (χ4n) is 2.54. The van der Waals surface area contributed by atoms with Gasteiger partial charge < -0.3 is 15.1 Å². The van der Waals surface area contributed by atoms with E-state index in [2.05, 4.69) is 29.1 Å². The Labute approximate surface area is 126 Å². The average Bonchev–Trinajstić information content (AvgIpc) is 2.47. The first kappa shape index (κ1) is 15.7. The second-order valence-corrected chi connectivity index (χ2v) is 5.75. The lowest BCUT2D eigenvalue weighted by Gasteiger charge is -2.33. The second-order valence-electron chi connectivity index (χ2n) is 5.75. The van der Waals surface area contributed by atoms with Crippen LogP contribution in [0.5, 0.6) is 0 Å². The monoisotopic (exact) mass is 290 g/mol. The van der Waals surface area contributed by atoms with E-state index in [-0.39, 0.29) is 11.6 Å². The van der Waals surface area contributed by atoms with Gasteiger partial charge in [-0.25, -0.2) is 4.39 Å². The number of hydrogen-bond donors (Lipinski definition) is 1. The van der Waals surface area contributed by atoms with Gasteiger partial charge in [0.25, 0.3) is 0 Å². The van der Waals surface area contributed by atoms with Gasteiger partial charge in [-0.2, -0.15) is 5.26 Å². The van der Waals surface area contributed by atoms with Gasteiger partial charge in [-0.15, -0.1) is 0 Å². The maximum absolute atomic E-state index is 13.5. The number of benzene rings is 1. The Hall–Kier alpha value is -1.64. The number of likely N-dealkylation sites (N-methyl/N-ethyl adjacent to an activating group) is 1. The summed E-state index contributed by atoms with van der Waals surface area (Å²) in [7, 11) is 2.15. The molecule has 0 amide bonds. The number of hydrogen-bond acceptors (Lipinski definition) is 4. The molecule has 1 atom stereocenters. The van der Waals surface area contributed by atoms with Gasteiger partial charge in [-0.05, 0) is 32.5 Å². The number of rotatable bonds is 5. The number of nitriles is 1. The maximum Gasteiger partial charge on any atom is 0.143 e. The predicted octanol–water partition coefficient (Wildman–Crippen LogP) is 2.14. The Morgan fingerprint density at radius 1 is 1.33 bits per heavy atom. The third kappa shape index (κ3) is 4.42. The van der Waals surface area contributed by atoms with Crippen LogP contribution in [0.1, 0.15) is 18.9 Å². The summed E-state index contributed by atoms with van der Waals surface area (Å²) in [5.74, 6) is -0.464. The van der Waals surface area contributed by atoms with Crippen molar-refractivity contribution in [2.45, 2.75) is 19.4 Å². The van der Waals surface area contributed by atoms with E-state index in [1.54, 1.807) is 12.1 Å². The van der Waals surface area contributed by atoms with Crippen LogP contribution in [0.15, 0.2) is 18.2 Å². The average molecular weight is 290 g/mol. The van der Waals surface area contributed by atoms with Crippen molar-refractivity contribution in [3.63, 3.8) is 0 Å². The highest BCUT2D eigenvalue weighted by atomic mass is 19.1. The first-order chi connectivity index (χ1) is 10.1. The summed E-state index contributed by atoms with van der Waals surface area (Å²) < 4.78 is 13.5. The zero-order chi connectivity index (χ0) is 15.2. The summed E-state index contributed by atoms with van der Waals surface area (Å²) in [5.41, 5.74) is 0.687. The lowest BCUT2D eigenvalue weighted by Crippen LogP contribution is -2.45. The Morgan fingerprint density at radius 2 is 2.05 bits per heavy atom. The first-order valence-corrected chi connectivity index (χ1v) is 7.46. The summed E-state index contributed by atoms with van der Waals surface area (Å²) in [5, 5.41) is 12.3. The number of nitrogens with one attached hydrogen (secondary N) is 1.